The minimum absolute atomic E-state index is 0.0577. The van der Waals surface area contributed by atoms with Gasteiger partial charge in [-0.05, 0) is 24.7 Å². The second-order valence-corrected chi connectivity index (χ2v) is 4.83. The van der Waals surface area contributed by atoms with E-state index in [2.05, 4.69) is 5.32 Å². The first-order valence-electron chi connectivity index (χ1n) is 4.63. The third-order valence-corrected chi connectivity index (χ3v) is 3.00. The van der Waals surface area contributed by atoms with Gasteiger partial charge in [0.05, 0.1) is 6.10 Å². The molecule has 8 heteroatoms. The molecule has 0 fully saturated rings. The molecule has 1 rings (SSSR count). The molecule has 0 radical (unpaired) electrons. The summed E-state index contributed by atoms with van der Waals surface area (Å²) >= 11 is 0. The average Bonchev–Trinajstić information content (AvgIpc) is 2.20. The number of benzene rings is 1. The molecular weight excluding hydrogens is 250 g/mol. The Bertz CT molecular complexity index is 512. The van der Waals surface area contributed by atoms with E-state index in [0.29, 0.717) is 0 Å². The first-order chi connectivity index (χ1) is 7.77. The molecule has 0 bridgehead atoms. The minimum Gasteiger partial charge on any atom is -0.504 e. The summed E-state index contributed by atoms with van der Waals surface area (Å²) in [7, 11) is -3.09. The third kappa shape index (κ3) is 3.07. The first-order valence-corrected chi connectivity index (χ1v) is 6.07. The molecule has 7 nitrogen and oxygen atoms in total. The van der Waals surface area contributed by atoms with Crippen LogP contribution in [0.5, 0.6) is 11.5 Å². The highest BCUT2D eigenvalue weighted by molar-refractivity contribution is 7.86. The zero-order valence-electron chi connectivity index (χ0n) is 8.95. The highest BCUT2D eigenvalue weighted by atomic mass is 32.2. The standard InChI is InChI=1S/C9H13NO6S/c1-10-4-7(12)5-2-6(11)9(13)8(3-5)17(14,15)16/h2-3,7,10-13H,4H2,1H3,(H,14,15,16)/t7-/m1/s1. The molecule has 0 aliphatic rings. The van der Waals surface area contributed by atoms with Crippen molar-refractivity contribution < 1.29 is 28.3 Å². The van der Waals surface area contributed by atoms with Crippen LogP contribution in [0.15, 0.2) is 17.0 Å². The molecule has 96 valence electrons. The van der Waals surface area contributed by atoms with Crippen molar-refractivity contribution in [1.82, 2.24) is 5.32 Å². The number of aliphatic hydroxyl groups excluding tert-OH is 1. The van der Waals surface area contributed by atoms with Crippen molar-refractivity contribution in [2.75, 3.05) is 13.6 Å². The van der Waals surface area contributed by atoms with Crippen molar-refractivity contribution >= 4 is 10.1 Å². The zero-order valence-corrected chi connectivity index (χ0v) is 9.77. The van der Waals surface area contributed by atoms with E-state index >= 15 is 0 Å². The molecule has 0 amide bonds. The third-order valence-electron chi connectivity index (χ3n) is 2.14. The Labute approximate surface area is 98.1 Å². The quantitative estimate of drug-likeness (QED) is 0.369. The van der Waals surface area contributed by atoms with Gasteiger partial charge in [-0.3, -0.25) is 4.55 Å². The smallest absolute Gasteiger partial charge is 0.298 e. The van der Waals surface area contributed by atoms with Gasteiger partial charge in [0.15, 0.2) is 11.5 Å². The fourth-order valence-electron chi connectivity index (χ4n) is 1.31. The Morgan fingerprint density at radius 3 is 2.41 bits per heavy atom. The Kier molecular flexibility index (Phi) is 3.94. The average molecular weight is 263 g/mol. The molecule has 5 N–H and O–H groups in total. The van der Waals surface area contributed by atoms with Gasteiger partial charge in [-0.2, -0.15) is 8.42 Å². The van der Waals surface area contributed by atoms with Crippen LogP contribution in [0.1, 0.15) is 11.7 Å². The minimum atomic E-state index is -4.67. The van der Waals surface area contributed by atoms with Gasteiger partial charge >= 0.3 is 0 Å². The van der Waals surface area contributed by atoms with Crippen LogP contribution in [-0.2, 0) is 10.1 Å². The van der Waals surface area contributed by atoms with Gasteiger partial charge in [0.1, 0.15) is 4.90 Å². The van der Waals surface area contributed by atoms with E-state index in [1.54, 1.807) is 7.05 Å². The van der Waals surface area contributed by atoms with E-state index in [1.165, 1.54) is 0 Å². The van der Waals surface area contributed by atoms with E-state index in [9.17, 15) is 23.7 Å². The van der Waals surface area contributed by atoms with Crippen LogP contribution >= 0.6 is 0 Å². The van der Waals surface area contributed by atoms with Gasteiger partial charge in [-0.15, -0.1) is 0 Å². The summed E-state index contributed by atoms with van der Waals surface area (Å²) in [6.07, 6.45) is -1.08. The Hall–Kier alpha value is -1.35. The molecule has 0 saturated heterocycles. The summed E-state index contributed by atoms with van der Waals surface area (Å²) in [4.78, 5) is -0.845. The molecule has 0 saturated carbocycles. The van der Waals surface area contributed by atoms with Gasteiger partial charge in [-0.1, -0.05) is 0 Å². The molecule has 0 aromatic heterocycles. The van der Waals surface area contributed by atoms with Crippen molar-refractivity contribution in [3.63, 3.8) is 0 Å². The molecule has 1 aromatic rings. The predicted octanol–water partition coefficient (Wildman–Crippen LogP) is -0.403. The van der Waals surface area contributed by atoms with E-state index in [-0.39, 0.29) is 12.1 Å². The Balaban J connectivity index is 3.34. The van der Waals surface area contributed by atoms with E-state index in [1.807, 2.05) is 0 Å². The summed E-state index contributed by atoms with van der Waals surface area (Å²) in [5.41, 5.74) is 0.0577. The zero-order chi connectivity index (χ0) is 13.2. The molecule has 17 heavy (non-hydrogen) atoms. The Morgan fingerprint density at radius 2 is 1.94 bits per heavy atom. The predicted molar refractivity (Wildman–Crippen MR) is 58.5 cm³/mol. The second-order valence-electron chi connectivity index (χ2n) is 3.44. The van der Waals surface area contributed by atoms with Gasteiger partial charge in [0.2, 0.25) is 0 Å². The van der Waals surface area contributed by atoms with Crippen LogP contribution in [0.4, 0.5) is 0 Å². The molecular formula is C9H13NO6S. The lowest BCUT2D eigenvalue weighted by molar-refractivity contribution is 0.177. The molecule has 0 unspecified atom stereocenters. The van der Waals surface area contributed by atoms with Crippen LogP contribution in [0, 0.1) is 0 Å². The van der Waals surface area contributed by atoms with Gasteiger partial charge in [0.25, 0.3) is 10.1 Å². The summed E-state index contributed by atoms with van der Waals surface area (Å²) in [6.45, 7) is 0.120. The normalized spacial score (nSPS) is 13.6. The van der Waals surface area contributed by atoms with Crippen LogP contribution in [0.3, 0.4) is 0 Å². The second kappa shape index (κ2) is 4.88. The maximum absolute atomic E-state index is 10.9. The molecule has 0 spiro atoms. The van der Waals surface area contributed by atoms with Gasteiger partial charge < -0.3 is 20.6 Å². The van der Waals surface area contributed by atoms with Crippen molar-refractivity contribution in [1.29, 1.82) is 0 Å². The number of phenolic OH excluding ortho intramolecular Hbond substituents is 2. The van der Waals surface area contributed by atoms with Crippen molar-refractivity contribution in [2.24, 2.45) is 0 Å². The molecule has 1 aromatic carbocycles. The lowest BCUT2D eigenvalue weighted by atomic mass is 10.1. The summed E-state index contributed by atoms with van der Waals surface area (Å²) in [5, 5.41) is 30.8. The number of phenols is 2. The number of likely N-dealkylation sites (N-methyl/N-ethyl adjacent to an activating group) is 1. The first kappa shape index (κ1) is 13.7. The fraction of sp³-hybridized carbons (Fsp3) is 0.333. The lowest BCUT2D eigenvalue weighted by Crippen LogP contribution is -2.17. The van der Waals surface area contributed by atoms with Gasteiger partial charge in [0, 0.05) is 6.54 Å². The monoisotopic (exact) mass is 263 g/mol. The Morgan fingerprint density at radius 1 is 1.35 bits per heavy atom. The van der Waals surface area contributed by atoms with Crippen molar-refractivity contribution in [2.45, 2.75) is 11.0 Å². The molecule has 0 aliphatic carbocycles. The van der Waals surface area contributed by atoms with Crippen LogP contribution < -0.4 is 5.32 Å². The number of hydrogen-bond donors (Lipinski definition) is 5. The maximum atomic E-state index is 10.9. The molecule has 0 heterocycles. The fourth-order valence-corrected chi connectivity index (χ4v) is 1.95. The number of aromatic hydroxyl groups is 2. The number of hydrogen-bond acceptors (Lipinski definition) is 6. The van der Waals surface area contributed by atoms with Crippen LogP contribution in [0.25, 0.3) is 0 Å². The van der Waals surface area contributed by atoms with E-state index < -0.39 is 32.6 Å². The summed E-state index contributed by atoms with van der Waals surface area (Å²) in [5.74, 6) is -1.68. The maximum Gasteiger partial charge on any atom is 0.298 e. The molecule has 0 aliphatic heterocycles. The van der Waals surface area contributed by atoms with Crippen molar-refractivity contribution in [3.05, 3.63) is 17.7 Å². The summed E-state index contributed by atoms with van der Waals surface area (Å²) in [6, 6.07) is 1.92. The van der Waals surface area contributed by atoms with Crippen molar-refractivity contribution in [3.8, 4) is 11.5 Å². The van der Waals surface area contributed by atoms with Crippen LogP contribution in [-0.4, -0.2) is 41.9 Å². The molecule has 1 atom stereocenters. The summed E-state index contributed by atoms with van der Waals surface area (Å²) < 4.78 is 30.7. The SMILES string of the molecule is CNC[C@@H](O)c1cc(O)c(O)c(S(=O)(=O)O)c1. The number of rotatable bonds is 4. The highest BCUT2D eigenvalue weighted by Crippen LogP contribution is 2.35. The topological polar surface area (TPSA) is 127 Å². The number of aliphatic hydroxyl groups is 1. The number of nitrogens with one attached hydrogen (secondary N) is 1. The van der Waals surface area contributed by atoms with Crippen LogP contribution in [0.2, 0.25) is 0 Å². The largest absolute Gasteiger partial charge is 0.504 e. The highest BCUT2D eigenvalue weighted by Gasteiger charge is 2.21. The van der Waals surface area contributed by atoms with E-state index in [0.717, 1.165) is 12.1 Å². The van der Waals surface area contributed by atoms with Gasteiger partial charge in [-0.25, -0.2) is 0 Å². The lowest BCUT2D eigenvalue weighted by Gasteiger charge is -2.13. The van der Waals surface area contributed by atoms with E-state index in [4.69, 9.17) is 4.55 Å².